The lowest BCUT2D eigenvalue weighted by molar-refractivity contribution is -0.136. The Morgan fingerprint density at radius 2 is 2.16 bits per heavy atom. The molecule has 0 radical (unpaired) electrons. The van der Waals surface area contributed by atoms with Gasteiger partial charge in [0.2, 0.25) is 5.91 Å². The predicted molar refractivity (Wildman–Crippen MR) is 81.7 cm³/mol. The summed E-state index contributed by atoms with van der Waals surface area (Å²) in [4.78, 5) is 22.6. The number of amides is 1. The maximum atomic E-state index is 11.7. The molecule has 1 atom stereocenters. The fourth-order valence-electron chi connectivity index (χ4n) is 1.45. The molecular weight excluding hydrogens is 330 g/mol. The highest BCUT2D eigenvalue weighted by Crippen LogP contribution is 2.24. The fraction of sp³-hybridized carbons (Fsp3) is 0.385. The van der Waals surface area contributed by atoms with E-state index in [9.17, 15) is 9.59 Å². The second-order valence-electron chi connectivity index (χ2n) is 4.08. The highest BCUT2D eigenvalue weighted by molar-refractivity contribution is 9.10. The van der Waals surface area contributed by atoms with E-state index >= 15 is 0 Å². The third kappa shape index (κ3) is 5.24. The zero-order valence-electron chi connectivity index (χ0n) is 10.8. The molecule has 19 heavy (non-hydrogen) atoms. The van der Waals surface area contributed by atoms with E-state index in [-0.39, 0.29) is 11.7 Å². The molecule has 0 heterocycles. The summed E-state index contributed by atoms with van der Waals surface area (Å²) in [5, 5.41) is 11.1. The first-order valence-corrected chi connectivity index (χ1v) is 7.68. The lowest BCUT2D eigenvalue weighted by Gasteiger charge is -2.10. The van der Waals surface area contributed by atoms with Crippen molar-refractivity contribution in [3.63, 3.8) is 0 Å². The van der Waals surface area contributed by atoms with Crippen LogP contribution < -0.4 is 5.32 Å². The molecule has 1 rings (SSSR count). The van der Waals surface area contributed by atoms with Crippen molar-refractivity contribution < 1.29 is 14.7 Å². The Labute approximate surface area is 125 Å². The van der Waals surface area contributed by atoms with E-state index in [1.165, 1.54) is 0 Å². The van der Waals surface area contributed by atoms with Crippen molar-refractivity contribution in [2.75, 3.05) is 11.1 Å². The largest absolute Gasteiger partial charge is 0.480 e. The molecule has 1 aromatic carbocycles. The van der Waals surface area contributed by atoms with Crippen LogP contribution in [0, 0.1) is 6.92 Å². The number of carboxylic acids is 1. The van der Waals surface area contributed by atoms with Gasteiger partial charge < -0.3 is 10.4 Å². The fourth-order valence-corrected chi connectivity index (χ4v) is 2.84. The van der Waals surface area contributed by atoms with Crippen LogP contribution in [0.2, 0.25) is 0 Å². The molecule has 0 aromatic heterocycles. The number of aliphatic carboxylic acids is 1. The number of carbonyl (C=O) groups excluding carboxylic acids is 1. The molecule has 6 heteroatoms. The molecule has 1 amide bonds. The normalized spacial score (nSPS) is 11.9. The molecule has 0 aliphatic heterocycles. The second kappa shape index (κ2) is 7.55. The highest BCUT2D eigenvalue weighted by atomic mass is 79.9. The van der Waals surface area contributed by atoms with Gasteiger partial charge in [-0.25, -0.2) is 0 Å². The molecule has 0 aliphatic carbocycles. The van der Waals surface area contributed by atoms with Crippen molar-refractivity contribution in [1.82, 2.24) is 0 Å². The maximum absolute atomic E-state index is 11.7. The molecule has 104 valence electrons. The van der Waals surface area contributed by atoms with Crippen molar-refractivity contribution in [3.8, 4) is 0 Å². The summed E-state index contributed by atoms with van der Waals surface area (Å²) in [6, 6.07) is 5.63. The topological polar surface area (TPSA) is 66.4 Å². The molecular formula is C13H16BrNO3S. The van der Waals surface area contributed by atoms with Crippen molar-refractivity contribution in [2.24, 2.45) is 0 Å². The molecule has 0 saturated carbocycles. The van der Waals surface area contributed by atoms with E-state index in [1.54, 1.807) is 6.92 Å². The number of hydrogen-bond donors (Lipinski definition) is 2. The quantitative estimate of drug-likeness (QED) is 0.830. The van der Waals surface area contributed by atoms with Gasteiger partial charge in [-0.15, -0.1) is 11.8 Å². The number of benzene rings is 1. The summed E-state index contributed by atoms with van der Waals surface area (Å²) < 4.78 is 0.816. The SMILES string of the molecule is CCC(SCC(=O)Nc1ccc(C)cc1Br)C(=O)O. The summed E-state index contributed by atoms with van der Waals surface area (Å²) in [5.41, 5.74) is 1.79. The zero-order valence-corrected chi connectivity index (χ0v) is 13.2. The standard InChI is InChI=1S/C13H16BrNO3S/c1-3-11(13(17)18)19-7-12(16)15-10-5-4-8(2)6-9(10)14/h4-6,11H,3,7H2,1-2H3,(H,15,16)(H,17,18). The first-order valence-electron chi connectivity index (χ1n) is 5.84. The van der Waals surface area contributed by atoms with E-state index in [4.69, 9.17) is 5.11 Å². The van der Waals surface area contributed by atoms with Gasteiger partial charge in [-0.05, 0) is 47.0 Å². The highest BCUT2D eigenvalue weighted by Gasteiger charge is 2.17. The van der Waals surface area contributed by atoms with E-state index in [1.807, 2.05) is 25.1 Å². The molecule has 1 aromatic rings. The van der Waals surface area contributed by atoms with Crippen LogP contribution in [0.25, 0.3) is 0 Å². The smallest absolute Gasteiger partial charge is 0.316 e. The summed E-state index contributed by atoms with van der Waals surface area (Å²) in [6.45, 7) is 3.76. The Morgan fingerprint density at radius 3 is 2.68 bits per heavy atom. The average molecular weight is 346 g/mol. The van der Waals surface area contributed by atoms with E-state index in [0.29, 0.717) is 12.1 Å². The third-order valence-corrected chi connectivity index (χ3v) is 4.48. The van der Waals surface area contributed by atoms with Crippen LogP contribution in [0.5, 0.6) is 0 Å². The van der Waals surface area contributed by atoms with Crippen LogP contribution in [0.1, 0.15) is 18.9 Å². The molecule has 0 spiro atoms. The second-order valence-corrected chi connectivity index (χ2v) is 6.12. The van der Waals surface area contributed by atoms with Crippen molar-refractivity contribution >= 4 is 45.3 Å². The lowest BCUT2D eigenvalue weighted by Crippen LogP contribution is -2.21. The van der Waals surface area contributed by atoms with Gasteiger partial charge in [-0.1, -0.05) is 13.0 Å². The first-order chi connectivity index (χ1) is 8.93. The van der Waals surface area contributed by atoms with Crippen molar-refractivity contribution in [2.45, 2.75) is 25.5 Å². The molecule has 0 aliphatic rings. The molecule has 4 nitrogen and oxygen atoms in total. The number of aryl methyl sites for hydroxylation is 1. The van der Waals surface area contributed by atoms with E-state index in [2.05, 4.69) is 21.2 Å². The minimum absolute atomic E-state index is 0.130. The van der Waals surface area contributed by atoms with Crippen LogP contribution in [-0.2, 0) is 9.59 Å². The number of halogens is 1. The number of rotatable bonds is 6. The molecule has 1 unspecified atom stereocenters. The Hall–Kier alpha value is -1.01. The third-order valence-electron chi connectivity index (χ3n) is 2.46. The van der Waals surface area contributed by atoms with Crippen LogP contribution in [0.3, 0.4) is 0 Å². The Bertz CT molecular complexity index is 479. The monoisotopic (exact) mass is 345 g/mol. The van der Waals surface area contributed by atoms with Gasteiger partial charge in [0.15, 0.2) is 0 Å². The summed E-state index contributed by atoms with van der Waals surface area (Å²) in [5.74, 6) is -0.948. The summed E-state index contributed by atoms with van der Waals surface area (Å²) >= 11 is 4.52. The van der Waals surface area contributed by atoms with Crippen molar-refractivity contribution in [1.29, 1.82) is 0 Å². The van der Waals surface area contributed by atoms with Crippen LogP contribution in [-0.4, -0.2) is 28.0 Å². The van der Waals surface area contributed by atoms with Gasteiger partial charge >= 0.3 is 5.97 Å². The number of carboxylic acid groups (broad SMARTS) is 1. The molecule has 2 N–H and O–H groups in total. The summed E-state index contributed by atoms with van der Waals surface area (Å²) in [7, 11) is 0. The Morgan fingerprint density at radius 1 is 1.47 bits per heavy atom. The van der Waals surface area contributed by atoms with Gasteiger partial charge in [0, 0.05) is 4.47 Å². The number of anilines is 1. The van der Waals surface area contributed by atoms with Gasteiger partial charge in [0.05, 0.1) is 11.4 Å². The number of thioether (sulfide) groups is 1. The number of carbonyl (C=O) groups is 2. The van der Waals surface area contributed by atoms with Crippen LogP contribution in [0.15, 0.2) is 22.7 Å². The van der Waals surface area contributed by atoms with Gasteiger partial charge in [-0.3, -0.25) is 9.59 Å². The minimum Gasteiger partial charge on any atom is -0.480 e. The molecule has 0 bridgehead atoms. The van der Waals surface area contributed by atoms with Gasteiger partial charge in [0.1, 0.15) is 5.25 Å². The minimum atomic E-state index is -0.878. The number of nitrogens with one attached hydrogen (secondary N) is 1. The predicted octanol–water partition coefficient (Wildman–Crippen LogP) is 3.29. The van der Waals surface area contributed by atoms with E-state index in [0.717, 1.165) is 21.8 Å². The van der Waals surface area contributed by atoms with Crippen molar-refractivity contribution in [3.05, 3.63) is 28.2 Å². The van der Waals surface area contributed by atoms with Gasteiger partial charge in [0.25, 0.3) is 0 Å². The van der Waals surface area contributed by atoms with Crippen LogP contribution >= 0.6 is 27.7 Å². The Kier molecular flexibility index (Phi) is 6.37. The maximum Gasteiger partial charge on any atom is 0.316 e. The number of hydrogen-bond acceptors (Lipinski definition) is 3. The van der Waals surface area contributed by atoms with E-state index < -0.39 is 11.2 Å². The average Bonchev–Trinajstić information content (AvgIpc) is 2.33. The zero-order chi connectivity index (χ0) is 14.4. The molecule has 0 fully saturated rings. The molecule has 0 saturated heterocycles. The Balaban J connectivity index is 2.53. The lowest BCUT2D eigenvalue weighted by atomic mass is 10.2. The first kappa shape index (κ1) is 16.0. The summed E-state index contributed by atoms with van der Waals surface area (Å²) in [6.07, 6.45) is 0.501. The van der Waals surface area contributed by atoms with Crippen LogP contribution in [0.4, 0.5) is 5.69 Å². The van der Waals surface area contributed by atoms with Gasteiger partial charge in [-0.2, -0.15) is 0 Å².